The van der Waals surface area contributed by atoms with Gasteiger partial charge >= 0.3 is 116 Å². The molecule has 0 N–H and O–H groups in total. The van der Waals surface area contributed by atoms with Gasteiger partial charge in [0.25, 0.3) is 0 Å². The molecule has 0 aliphatic rings. The van der Waals surface area contributed by atoms with Crippen LogP contribution < -0.4 is 0 Å². The van der Waals surface area contributed by atoms with Gasteiger partial charge < -0.3 is 0 Å². The van der Waals surface area contributed by atoms with Gasteiger partial charge in [-0.15, -0.1) is 0 Å². The number of hydrogen-bond acceptors (Lipinski definition) is 0. The van der Waals surface area contributed by atoms with Crippen molar-refractivity contribution in [2.24, 2.45) is 0 Å². The van der Waals surface area contributed by atoms with Crippen molar-refractivity contribution in [2.45, 2.75) is 24.2 Å². The first-order chi connectivity index (χ1) is 5.56. The average molecular weight is 543 g/mol. The van der Waals surface area contributed by atoms with E-state index in [0.29, 0.717) is 0 Å². The summed E-state index contributed by atoms with van der Waals surface area (Å²) in [4.78, 5) is 0. The van der Waals surface area contributed by atoms with Crippen LogP contribution in [-0.2, 0) is 0 Å². The molecule has 0 heterocycles. The second kappa shape index (κ2) is 9.64. The number of halogens is 7. The molecule has 0 atom stereocenters. The summed E-state index contributed by atoms with van der Waals surface area (Å²) < 4.78 is 0.871. The van der Waals surface area contributed by atoms with Gasteiger partial charge in [-0.25, -0.2) is 0 Å². The van der Waals surface area contributed by atoms with Crippen molar-refractivity contribution in [3.05, 3.63) is 0 Å². The predicted octanol–water partition coefficient (Wildman–Crippen LogP) is 5.82. The van der Waals surface area contributed by atoms with Crippen molar-refractivity contribution in [1.29, 1.82) is 0 Å². The van der Waals surface area contributed by atoms with Gasteiger partial charge in [-0.1, -0.05) is 0 Å². The summed E-state index contributed by atoms with van der Waals surface area (Å²) in [6, 6.07) is 0. The normalized spacial score (nSPS) is 12.0. The summed E-state index contributed by atoms with van der Waals surface area (Å²) >= 11 is -6.18. The second-order valence-corrected chi connectivity index (χ2v) is 49.4. The average Bonchev–Trinajstić information content (AvgIpc) is 1.77. The van der Waals surface area contributed by atoms with E-state index in [1.54, 1.807) is 0 Å². The maximum absolute atomic E-state index is 5.65. The van der Waals surface area contributed by atoms with E-state index >= 15 is 0 Å². The standard InChI is InChI=1S/C4H9.7ClH.2Sn/c1-3-4-2;;;;;;;;;/h1,3-4H2,2H3;7*1H;;/q;;;;;;;;+3;+4/p-7. The van der Waals surface area contributed by atoms with Gasteiger partial charge in [0.15, 0.2) is 0 Å². The SMILES string of the molecule is CCC[CH2][Sn]([Cl])([Cl])[Cl].[Cl][Sn]([Cl])([Cl])[Cl]. The molecule has 0 amide bonds. The Balaban J connectivity index is 0. The Morgan fingerprint density at radius 3 is 1.23 bits per heavy atom. The molecule has 0 saturated heterocycles. The number of rotatable bonds is 3. The third-order valence-corrected chi connectivity index (χ3v) is 7.24. The van der Waals surface area contributed by atoms with E-state index in [4.69, 9.17) is 62.4 Å². The summed E-state index contributed by atoms with van der Waals surface area (Å²) in [6.07, 6.45) is 2.21. The molecule has 0 rings (SSSR count). The zero-order valence-corrected chi connectivity index (χ0v) is 17.8. The summed E-state index contributed by atoms with van der Waals surface area (Å²) in [5.41, 5.74) is 0. The van der Waals surface area contributed by atoms with Crippen molar-refractivity contribution in [3.63, 3.8) is 0 Å². The first-order valence-electron chi connectivity index (χ1n) is 3.38. The molecule has 0 saturated carbocycles. The van der Waals surface area contributed by atoms with Crippen molar-refractivity contribution in [1.82, 2.24) is 0 Å². The molecule has 0 radical (unpaired) electrons. The maximum atomic E-state index is 5.65. The van der Waals surface area contributed by atoms with Crippen LogP contribution in [0.4, 0.5) is 0 Å². The molecule has 82 valence electrons. The molecule has 0 aromatic heterocycles. The van der Waals surface area contributed by atoms with Gasteiger partial charge in [0.2, 0.25) is 0 Å². The van der Waals surface area contributed by atoms with Crippen molar-refractivity contribution in [3.8, 4) is 0 Å². The van der Waals surface area contributed by atoms with Gasteiger partial charge in [0.05, 0.1) is 0 Å². The molecule has 0 unspecified atom stereocenters. The van der Waals surface area contributed by atoms with E-state index < -0.39 is 28.9 Å². The fourth-order valence-electron chi connectivity index (χ4n) is 0.377. The summed E-state index contributed by atoms with van der Waals surface area (Å²) in [7, 11) is 37.1. The summed E-state index contributed by atoms with van der Waals surface area (Å²) in [5, 5.41) is 0. The van der Waals surface area contributed by atoms with Crippen LogP contribution in [0.5, 0.6) is 0 Å². The summed E-state index contributed by atoms with van der Waals surface area (Å²) in [5.74, 6) is 0. The van der Waals surface area contributed by atoms with Crippen LogP contribution in [-0.4, -0.2) is 28.9 Å². The van der Waals surface area contributed by atoms with Crippen LogP contribution in [0.3, 0.4) is 0 Å². The Labute approximate surface area is 113 Å². The van der Waals surface area contributed by atoms with Gasteiger partial charge in [-0.05, 0) is 0 Å². The molecule has 0 fully saturated rings. The van der Waals surface area contributed by atoms with Crippen LogP contribution >= 0.6 is 62.4 Å². The molecular formula is C4H9Cl7Sn2. The van der Waals surface area contributed by atoms with Crippen molar-refractivity contribution < 1.29 is 0 Å². The van der Waals surface area contributed by atoms with E-state index in [-0.39, 0.29) is 0 Å². The predicted molar refractivity (Wildman–Crippen MR) is 72.2 cm³/mol. The third-order valence-electron chi connectivity index (χ3n) is 0.814. The first kappa shape index (κ1) is 19.0. The van der Waals surface area contributed by atoms with Crippen LogP contribution in [0.2, 0.25) is 4.44 Å². The Hall–Kier alpha value is 3.63. The van der Waals surface area contributed by atoms with Gasteiger partial charge in [-0.3, -0.25) is 0 Å². The molecule has 0 aromatic carbocycles. The first-order valence-corrected chi connectivity index (χ1v) is 30.7. The van der Waals surface area contributed by atoms with E-state index in [0.717, 1.165) is 17.3 Å². The van der Waals surface area contributed by atoms with Crippen molar-refractivity contribution in [2.75, 3.05) is 0 Å². The summed E-state index contributed by atoms with van der Waals surface area (Å²) in [6.45, 7) is 2.10. The minimum atomic E-state index is -3.29. The van der Waals surface area contributed by atoms with Crippen LogP contribution in [0.1, 0.15) is 19.8 Å². The van der Waals surface area contributed by atoms with Crippen LogP contribution in [0, 0.1) is 0 Å². The van der Waals surface area contributed by atoms with E-state index in [1.807, 2.05) is 0 Å². The Morgan fingerprint density at radius 2 is 1.15 bits per heavy atom. The monoisotopic (exact) mass is 542 g/mol. The topological polar surface area (TPSA) is 0 Å². The number of unbranched alkanes of at least 4 members (excludes halogenated alkanes) is 1. The Kier molecular flexibility index (Phi) is 14.1. The third kappa shape index (κ3) is 39.0. The van der Waals surface area contributed by atoms with Gasteiger partial charge in [0, 0.05) is 0 Å². The van der Waals surface area contributed by atoms with Gasteiger partial charge in [0.1, 0.15) is 0 Å². The molecule has 0 spiro atoms. The minimum absolute atomic E-state index is 0.871. The molecule has 0 bridgehead atoms. The zero-order valence-electron chi connectivity index (χ0n) is 6.77. The Morgan fingerprint density at radius 1 is 0.846 bits per heavy atom. The second-order valence-electron chi connectivity index (χ2n) is 2.15. The quantitative estimate of drug-likeness (QED) is 0.395. The number of hydrogen-bond donors (Lipinski definition) is 0. The molecule has 0 aliphatic carbocycles. The Bertz CT molecular complexity index is 111. The molecule has 9 heteroatoms. The zero-order chi connectivity index (χ0) is 11.1. The molecule has 0 aliphatic heterocycles. The van der Waals surface area contributed by atoms with Crippen LogP contribution in [0.15, 0.2) is 0 Å². The fraction of sp³-hybridized carbons (Fsp3) is 1.00. The van der Waals surface area contributed by atoms with E-state index in [2.05, 4.69) is 6.92 Å². The fourth-order valence-corrected chi connectivity index (χ4v) is 5.22. The molecule has 0 aromatic rings. The van der Waals surface area contributed by atoms with Gasteiger partial charge in [-0.2, -0.15) is 0 Å². The van der Waals surface area contributed by atoms with E-state index in [9.17, 15) is 0 Å². The van der Waals surface area contributed by atoms with Crippen LogP contribution in [0.25, 0.3) is 0 Å². The van der Waals surface area contributed by atoms with E-state index in [1.165, 1.54) is 0 Å². The molecular weight excluding hydrogens is 534 g/mol. The van der Waals surface area contributed by atoms with Crippen molar-refractivity contribution >= 4 is 91.3 Å². The molecule has 0 nitrogen and oxygen atoms in total. The molecule has 13 heavy (non-hydrogen) atoms.